The first-order chi connectivity index (χ1) is 17.5. The molecule has 0 heterocycles. The maximum atomic E-state index is 12.9. The predicted octanol–water partition coefficient (Wildman–Crippen LogP) is 4.60. The maximum Gasteiger partial charge on any atom is 0.416 e. The Hall–Kier alpha value is -4.45. The predicted molar refractivity (Wildman–Crippen MR) is 128 cm³/mol. The van der Waals surface area contributed by atoms with Crippen LogP contribution < -0.4 is 20.8 Å². The van der Waals surface area contributed by atoms with E-state index in [4.69, 9.17) is 16.3 Å². The molecule has 0 spiro atoms. The quantitative estimate of drug-likeness (QED) is 0.177. The highest BCUT2D eigenvalue weighted by atomic mass is 35.5. The van der Waals surface area contributed by atoms with E-state index in [0.29, 0.717) is 5.56 Å². The van der Waals surface area contributed by atoms with E-state index in [2.05, 4.69) is 15.7 Å². The van der Waals surface area contributed by atoms with Gasteiger partial charge in [0, 0.05) is 11.4 Å². The number of ether oxygens (including phenoxy) is 1. The Morgan fingerprint density at radius 1 is 0.919 bits per heavy atom. The third kappa shape index (κ3) is 8.32. The van der Waals surface area contributed by atoms with Crippen LogP contribution in [0.1, 0.15) is 11.1 Å². The van der Waals surface area contributed by atoms with Gasteiger partial charge in [-0.1, -0.05) is 17.7 Å². The van der Waals surface area contributed by atoms with Crippen molar-refractivity contribution >= 4 is 46.9 Å². The van der Waals surface area contributed by atoms with Crippen LogP contribution in [0.25, 0.3) is 0 Å². The van der Waals surface area contributed by atoms with E-state index >= 15 is 0 Å². The molecule has 3 aromatic carbocycles. The van der Waals surface area contributed by atoms with Gasteiger partial charge in [-0.3, -0.25) is 14.4 Å². The zero-order valence-corrected chi connectivity index (χ0v) is 19.4. The fourth-order valence-electron chi connectivity index (χ4n) is 2.77. The van der Waals surface area contributed by atoms with Gasteiger partial charge in [0.25, 0.3) is 5.91 Å². The monoisotopic (exact) mass is 536 g/mol. The van der Waals surface area contributed by atoms with E-state index in [1.807, 2.05) is 5.43 Å². The summed E-state index contributed by atoms with van der Waals surface area (Å²) in [6.07, 6.45) is -3.35. The lowest BCUT2D eigenvalue weighted by atomic mass is 10.2. The lowest BCUT2D eigenvalue weighted by Crippen LogP contribution is -2.32. The van der Waals surface area contributed by atoms with Crippen molar-refractivity contribution in [2.45, 2.75) is 6.18 Å². The molecule has 3 rings (SSSR count). The molecule has 0 saturated carbocycles. The molecular weight excluding hydrogens is 520 g/mol. The van der Waals surface area contributed by atoms with Crippen LogP contribution in [0, 0.1) is 5.82 Å². The lowest BCUT2D eigenvalue weighted by Gasteiger charge is -2.11. The van der Waals surface area contributed by atoms with Gasteiger partial charge in [0.15, 0.2) is 6.61 Å². The number of carbonyl (C=O) groups is 3. The molecule has 3 N–H and O–H groups in total. The Bertz CT molecular complexity index is 1330. The summed E-state index contributed by atoms with van der Waals surface area (Å²) >= 11 is 6.12. The zero-order valence-electron chi connectivity index (χ0n) is 18.6. The Morgan fingerprint density at radius 2 is 1.65 bits per heavy atom. The third-order valence-electron chi connectivity index (χ3n) is 4.48. The van der Waals surface area contributed by atoms with Crippen LogP contribution in [-0.4, -0.2) is 30.5 Å². The standard InChI is InChI=1S/C24H17ClF4N4O4/c25-19-10-14(12-30-33-23(36)22(35)32-17-7-5-16(26)6-8-17)4-9-20(19)37-13-21(34)31-18-3-1-2-15(11-18)24(27,28)29/h1-12H,13H2,(H,31,34)(H,32,35)(H,33,36)/b30-12-. The number of benzene rings is 3. The first-order valence-corrected chi connectivity index (χ1v) is 10.7. The highest BCUT2D eigenvalue weighted by molar-refractivity contribution is 6.39. The average molecular weight is 537 g/mol. The second-order valence-corrected chi connectivity index (χ2v) is 7.67. The van der Waals surface area contributed by atoms with Gasteiger partial charge in [0.2, 0.25) is 0 Å². The van der Waals surface area contributed by atoms with Crippen LogP contribution in [0.3, 0.4) is 0 Å². The van der Waals surface area contributed by atoms with Crippen molar-refractivity contribution in [2.75, 3.05) is 17.2 Å². The number of nitrogens with one attached hydrogen (secondary N) is 3. The Morgan fingerprint density at radius 3 is 2.32 bits per heavy atom. The van der Waals surface area contributed by atoms with Crippen molar-refractivity contribution in [3.63, 3.8) is 0 Å². The van der Waals surface area contributed by atoms with Crippen LogP contribution in [0.4, 0.5) is 28.9 Å². The molecule has 192 valence electrons. The smallest absolute Gasteiger partial charge is 0.416 e. The molecular formula is C24H17ClF4N4O4. The van der Waals surface area contributed by atoms with E-state index in [0.717, 1.165) is 30.3 Å². The van der Waals surface area contributed by atoms with Crippen molar-refractivity contribution in [1.82, 2.24) is 5.43 Å². The molecule has 0 aliphatic heterocycles. The molecule has 37 heavy (non-hydrogen) atoms. The minimum absolute atomic E-state index is 0.0468. The SMILES string of the molecule is O=C(COc1ccc(/C=N\NC(=O)C(=O)Nc2ccc(F)cc2)cc1Cl)Nc1cccc(C(F)(F)F)c1. The van der Waals surface area contributed by atoms with Crippen molar-refractivity contribution in [2.24, 2.45) is 5.10 Å². The zero-order chi connectivity index (χ0) is 27.0. The summed E-state index contributed by atoms with van der Waals surface area (Å²) in [7, 11) is 0. The van der Waals surface area contributed by atoms with Gasteiger partial charge in [-0.15, -0.1) is 0 Å². The fraction of sp³-hybridized carbons (Fsp3) is 0.0833. The van der Waals surface area contributed by atoms with E-state index in [-0.39, 0.29) is 22.1 Å². The van der Waals surface area contributed by atoms with Gasteiger partial charge in [-0.2, -0.15) is 18.3 Å². The van der Waals surface area contributed by atoms with Crippen molar-refractivity contribution in [1.29, 1.82) is 0 Å². The van der Waals surface area contributed by atoms with Gasteiger partial charge < -0.3 is 15.4 Å². The van der Waals surface area contributed by atoms with Gasteiger partial charge in [-0.05, 0) is 66.2 Å². The normalized spacial score (nSPS) is 11.2. The summed E-state index contributed by atoms with van der Waals surface area (Å²) in [5.41, 5.74) is 1.69. The van der Waals surface area contributed by atoms with E-state index < -0.39 is 41.9 Å². The lowest BCUT2D eigenvalue weighted by molar-refractivity contribution is -0.137. The number of amides is 3. The molecule has 0 radical (unpaired) electrons. The van der Waals surface area contributed by atoms with Crippen LogP contribution in [0.5, 0.6) is 5.75 Å². The van der Waals surface area contributed by atoms with Gasteiger partial charge >= 0.3 is 18.0 Å². The van der Waals surface area contributed by atoms with Gasteiger partial charge in [0.05, 0.1) is 16.8 Å². The number of carbonyl (C=O) groups excluding carboxylic acids is 3. The van der Waals surface area contributed by atoms with Crippen LogP contribution >= 0.6 is 11.6 Å². The molecule has 0 unspecified atom stereocenters. The van der Waals surface area contributed by atoms with Crippen LogP contribution in [0.15, 0.2) is 71.8 Å². The average Bonchev–Trinajstić information content (AvgIpc) is 2.84. The van der Waals surface area contributed by atoms with Gasteiger partial charge in [0.1, 0.15) is 11.6 Å². The summed E-state index contributed by atoms with van der Waals surface area (Å²) < 4.78 is 56.6. The number of rotatable bonds is 7. The van der Waals surface area contributed by atoms with E-state index in [1.54, 1.807) is 0 Å². The number of hydrogen-bond acceptors (Lipinski definition) is 5. The maximum absolute atomic E-state index is 12.9. The number of halogens is 5. The summed E-state index contributed by atoms with van der Waals surface area (Å²) in [4.78, 5) is 35.7. The number of nitrogens with zero attached hydrogens (tertiary/aromatic N) is 1. The van der Waals surface area contributed by atoms with Crippen molar-refractivity contribution in [3.8, 4) is 5.75 Å². The number of hydrazone groups is 1. The molecule has 0 bridgehead atoms. The first-order valence-electron chi connectivity index (χ1n) is 10.3. The highest BCUT2D eigenvalue weighted by Gasteiger charge is 2.30. The van der Waals surface area contributed by atoms with Gasteiger partial charge in [-0.25, -0.2) is 9.82 Å². The fourth-order valence-corrected chi connectivity index (χ4v) is 3.01. The summed E-state index contributed by atoms with van der Waals surface area (Å²) in [5.74, 6) is -3.18. The second kappa shape index (κ2) is 12.0. The Balaban J connectivity index is 1.49. The first kappa shape index (κ1) is 27.1. The van der Waals surface area contributed by atoms with Crippen LogP contribution in [0.2, 0.25) is 5.02 Å². The molecule has 8 nitrogen and oxygen atoms in total. The minimum Gasteiger partial charge on any atom is -0.482 e. The molecule has 13 heteroatoms. The number of alkyl halides is 3. The van der Waals surface area contributed by atoms with Crippen LogP contribution in [-0.2, 0) is 20.6 Å². The van der Waals surface area contributed by atoms with E-state index in [1.165, 1.54) is 42.6 Å². The highest BCUT2D eigenvalue weighted by Crippen LogP contribution is 2.30. The molecule has 0 atom stereocenters. The molecule has 3 amide bonds. The Labute approximate surface area is 212 Å². The van der Waals surface area contributed by atoms with Crippen molar-refractivity contribution in [3.05, 3.63) is 88.7 Å². The summed E-state index contributed by atoms with van der Waals surface area (Å²) in [6, 6.07) is 13.2. The van der Waals surface area contributed by atoms with Crippen molar-refractivity contribution < 1.29 is 36.7 Å². The minimum atomic E-state index is -4.55. The summed E-state index contributed by atoms with van der Waals surface area (Å²) in [6.45, 7) is -0.525. The number of anilines is 2. The molecule has 0 aliphatic rings. The largest absolute Gasteiger partial charge is 0.482 e. The Kier molecular flexibility index (Phi) is 8.80. The van der Waals surface area contributed by atoms with E-state index in [9.17, 15) is 31.9 Å². The molecule has 3 aromatic rings. The second-order valence-electron chi connectivity index (χ2n) is 7.27. The molecule has 0 aromatic heterocycles. The molecule has 0 aliphatic carbocycles. The summed E-state index contributed by atoms with van der Waals surface area (Å²) in [5, 5.41) is 8.30. The topological polar surface area (TPSA) is 109 Å². The molecule has 0 fully saturated rings. The third-order valence-corrected chi connectivity index (χ3v) is 4.77. The number of hydrogen-bond donors (Lipinski definition) is 3. The molecule has 0 saturated heterocycles.